The Morgan fingerprint density at radius 3 is 2.48 bits per heavy atom. The van der Waals surface area contributed by atoms with Gasteiger partial charge in [-0.1, -0.05) is 37.6 Å². The highest BCUT2D eigenvalue weighted by molar-refractivity contribution is 6.31. The second kappa shape index (κ2) is 7.13. The zero-order chi connectivity index (χ0) is 15.6. The lowest BCUT2D eigenvalue weighted by atomic mass is 9.80. The van der Waals surface area contributed by atoms with Gasteiger partial charge in [0, 0.05) is 17.0 Å². The summed E-state index contributed by atoms with van der Waals surface area (Å²) in [7, 11) is 0. The molecule has 2 rings (SSSR count). The minimum Gasteiger partial charge on any atom is -0.375 e. The van der Waals surface area contributed by atoms with Gasteiger partial charge in [0.2, 0.25) is 0 Å². The molecule has 1 heterocycles. The van der Waals surface area contributed by atoms with Gasteiger partial charge in [0.05, 0.1) is 12.2 Å². The van der Waals surface area contributed by atoms with Gasteiger partial charge in [0.1, 0.15) is 0 Å². The summed E-state index contributed by atoms with van der Waals surface area (Å²) in [5, 5.41) is 4.57. The lowest BCUT2D eigenvalue weighted by molar-refractivity contribution is 0.0475. The largest absolute Gasteiger partial charge is 0.375 e. The van der Waals surface area contributed by atoms with Crippen LogP contribution in [0, 0.1) is 18.8 Å². The number of hydrogen-bond acceptors (Lipinski definition) is 2. The summed E-state index contributed by atoms with van der Waals surface area (Å²) < 4.78 is 6.05. The van der Waals surface area contributed by atoms with Gasteiger partial charge in [0.15, 0.2) is 0 Å². The molecule has 1 aromatic carbocycles. The molecule has 1 N–H and O–H groups in total. The highest BCUT2D eigenvalue weighted by Gasteiger charge is 2.42. The molecule has 0 spiro atoms. The van der Waals surface area contributed by atoms with Gasteiger partial charge in [-0.3, -0.25) is 0 Å². The van der Waals surface area contributed by atoms with Crippen molar-refractivity contribution in [1.29, 1.82) is 0 Å². The first-order valence-electron chi connectivity index (χ1n) is 8.10. The molecule has 1 fully saturated rings. The molecule has 1 aliphatic heterocycles. The van der Waals surface area contributed by atoms with Crippen LogP contribution in [0.15, 0.2) is 18.2 Å². The van der Waals surface area contributed by atoms with Crippen LogP contribution in [0.25, 0.3) is 0 Å². The summed E-state index contributed by atoms with van der Waals surface area (Å²) in [5.41, 5.74) is 2.41. The SMILES string of the molecule is CCCNC(c1ccc(C)c(Cl)c1)C1C(C)OC(C)C1C. The Morgan fingerprint density at radius 2 is 1.95 bits per heavy atom. The van der Waals surface area contributed by atoms with Crippen LogP contribution in [0.3, 0.4) is 0 Å². The van der Waals surface area contributed by atoms with Crippen molar-refractivity contribution in [2.24, 2.45) is 11.8 Å². The van der Waals surface area contributed by atoms with Crippen LogP contribution in [-0.2, 0) is 4.74 Å². The second-order valence-corrected chi connectivity index (χ2v) is 6.83. The molecule has 0 aromatic heterocycles. The van der Waals surface area contributed by atoms with Gasteiger partial charge in [-0.05, 0) is 56.8 Å². The normalized spacial score (nSPS) is 30.6. The molecule has 0 radical (unpaired) electrons. The van der Waals surface area contributed by atoms with Crippen molar-refractivity contribution >= 4 is 11.6 Å². The van der Waals surface area contributed by atoms with E-state index in [-0.39, 0.29) is 6.10 Å². The molecule has 0 saturated carbocycles. The van der Waals surface area contributed by atoms with Gasteiger partial charge in [-0.25, -0.2) is 0 Å². The maximum absolute atomic E-state index is 6.34. The number of aryl methyl sites for hydroxylation is 1. The summed E-state index contributed by atoms with van der Waals surface area (Å²) >= 11 is 6.34. The molecule has 5 atom stereocenters. The standard InChI is InChI=1S/C18H28ClNO/c1-6-9-20-18(15-8-7-11(2)16(19)10-15)17-12(3)13(4)21-14(17)5/h7-8,10,12-14,17-18,20H,6,9H2,1-5H3. The highest BCUT2D eigenvalue weighted by atomic mass is 35.5. The topological polar surface area (TPSA) is 21.3 Å². The minimum absolute atomic E-state index is 0.268. The van der Waals surface area contributed by atoms with E-state index in [2.05, 4.69) is 51.2 Å². The first-order chi connectivity index (χ1) is 9.95. The van der Waals surface area contributed by atoms with E-state index in [0.29, 0.717) is 24.0 Å². The smallest absolute Gasteiger partial charge is 0.0600 e. The van der Waals surface area contributed by atoms with Crippen LogP contribution >= 0.6 is 11.6 Å². The Labute approximate surface area is 134 Å². The quantitative estimate of drug-likeness (QED) is 0.847. The van der Waals surface area contributed by atoms with Gasteiger partial charge < -0.3 is 10.1 Å². The third-order valence-electron chi connectivity index (χ3n) is 4.87. The molecule has 0 bridgehead atoms. The predicted octanol–water partition coefficient (Wildman–Crippen LogP) is 4.75. The number of nitrogens with one attached hydrogen (secondary N) is 1. The fourth-order valence-electron chi connectivity index (χ4n) is 3.45. The van der Waals surface area contributed by atoms with E-state index in [4.69, 9.17) is 16.3 Å². The van der Waals surface area contributed by atoms with Crippen molar-refractivity contribution in [2.75, 3.05) is 6.54 Å². The second-order valence-electron chi connectivity index (χ2n) is 6.42. The molecule has 0 aliphatic carbocycles. The lowest BCUT2D eigenvalue weighted by Gasteiger charge is -2.30. The molecule has 2 nitrogen and oxygen atoms in total. The molecule has 1 saturated heterocycles. The van der Waals surface area contributed by atoms with E-state index in [0.717, 1.165) is 23.6 Å². The first-order valence-corrected chi connectivity index (χ1v) is 8.48. The molecular weight excluding hydrogens is 282 g/mol. The number of halogens is 1. The summed E-state index contributed by atoms with van der Waals surface area (Å²) in [5.74, 6) is 1.01. The van der Waals surface area contributed by atoms with Crippen LogP contribution < -0.4 is 5.32 Å². The van der Waals surface area contributed by atoms with Gasteiger partial charge in [-0.15, -0.1) is 0 Å². The molecule has 1 aromatic rings. The lowest BCUT2D eigenvalue weighted by Crippen LogP contribution is -2.35. The third-order valence-corrected chi connectivity index (χ3v) is 5.28. The van der Waals surface area contributed by atoms with E-state index >= 15 is 0 Å². The summed E-state index contributed by atoms with van der Waals surface area (Å²) in [6.45, 7) is 11.9. The van der Waals surface area contributed by atoms with Gasteiger partial charge in [-0.2, -0.15) is 0 Å². The van der Waals surface area contributed by atoms with E-state index in [9.17, 15) is 0 Å². The molecular formula is C18H28ClNO. The van der Waals surface area contributed by atoms with Crippen LogP contribution in [0.1, 0.15) is 51.3 Å². The molecule has 3 heteroatoms. The molecule has 21 heavy (non-hydrogen) atoms. The third kappa shape index (κ3) is 3.61. The maximum atomic E-state index is 6.34. The highest BCUT2D eigenvalue weighted by Crippen LogP contribution is 2.41. The summed E-state index contributed by atoms with van der Waals surface area (Å²) in [6, 6.07) is 6.74. The average Bonchev–Trinajstić information content (AvgIpc) is 2.69. The molecule has 0 amide bonds. The summed E-state index contributed by atoms with van der Waals surface area (Å²) in [6.07, 6.45) is 1.71. The Kier molecular flexibility index (Phi) is 5.70. The Balaban J connectivity index is 2.31. The van der Waals surface area contributed by atoms with Crippen LogP contribution in [-0.4, -0.2) is 18.8 Å². The Morgan fingerprint density at radius 1 is 1.24 bits per heavy atom. The van der Waals surface area contributed by atoms with Crippen LogP contribution in [0.5, 0.6) is 0 Å². The predicted molar refractivity (Wildman–Crippen MR) is 89.9 cm³/mol. The van der Waals surface area contributed by atoms with Crippen molar-refractivity contribution < 1.29 is 4.74 Å². The first kappa shape index (κ1) is 16.8. The fraction of sp³-hybridized carbons (Fsp3) is 0.667. The minimum atomic E-state index is 0.268. The van der Waals surface area contributed by atoms with Crippen molar-refractivity contribution in [1.82, 2.24) is 5.32 Å². The van der Waals surface area contributed by atoms with Gasteiger partial charge >= 0.3 is 0 Å². The monoisotopic (exact) mass is 309 g/mol. The van der Waals surface area contributed by atoms with Crippen molar-refractivity contribution in [3.63, 3.8) is 0 Å². The van der Waals surface area contributed by atoms with Crippen LogP contribution in [0.2, 0.25) is 5.02 Å². The van der Waals surface area contributed by atoms with E-state index in [1.807, 2.05) is 6.92 Å². The number of hydrogen-bond donors (Lipinski definition) is 1. The molecule has 118 valence electrons. The van der Waals surface area contributed by atoms with Crippen molar-refractivity contribution in [3.8, 4) is 0 Å². The van der Waals surface area contributed by atoms with E-state index in [1.165, 1.54) is 5.56 Å². The zero-order valence-electron chi connectivity index (χ0n) is 13.8. The number of benzene rings is 1. The van der Waals surface area contributed by atoms with E-state index in [1.54, 1.807) is 0 Å². The zero-order valence-corrected chi connectivity index (χ0v) is 14.6. The van der Waals surface area contributed by atoms with Crippen molar-refractivity contribution in [3.05, 3.63) is 34.3 Å². The fourth-order valence-corrected chi connectivity index (χ4v) is 3.64. The van der Waals surface area contributed by atoms with Gasteiger partial charge in [0.25, 0.3) is 0 Å². The molecule has 1 aliphatic rings. The maximum Gasteiger partial charge on any atom is 0.0600 e. The summed E-state index contributed by atoms with van der Waals surface area (Å²) in [4.78, 5) is 0. The molecule has 5 unspecified atom stereocenters. The number of ether oxygens (including phenoxy) is 1. The number of rotatable bonds is 5. The average molecular weight is 310 g/mol. The van der Waals surface area contributed by atoms with Crippen LogP contribution in [0.4, 0.5) is 0 Å². The van der Waals surface area contributed by atoms with Crippen molar-refractivity contribution in [2.45, 2.75) is 59.3 Å². The van der Waals surface area contributed by atoms with E-state index < -0.39 is 0 Å². The Hall–Kier alpha value is -0.570. The Bertz CT molecular complexity index is 476.